The Balaban J connectivity index is 1.82. The number of pyridine rings is 1. The number of imidazole rings is 1. The van der Waals surface area contributed by atoms with Crippen molar-refractivity contribution in [2.24, 2.45) is 5.73 Å². The zero-order valence-electron chi connectivity index (χ0n) is 16.1. The highest BCUT2D eigenvalue weighted by Crippen LogP contribution is 2.38. The van der Waals surface area contributed by atoms with Gasteiger partial charge in [0.1, 0.15) is 5.82 Å². The van der Waals surface area contributed by atoms with Gasteiger partial charge < -0.3 is 19.8 Å². The standard InChI is InChI=1S/C19H21F3N6O/c1-11-8-28-10-15(26-18(29-2)17(28)25-11)12-6-14(19(20,21)22)16(24-7-12)27-5-3-4-13(23)9-27/h6-8,10,13H,3-5,9,23H2,1-2H3/t13-/m1/s1. The highest BCUT2D eigenvalue weighted by atomic mass is 19.4. The highest BCUT2D eigenvalue weighted by Gasteiger charge is 2.37. The van der Waals surface area contributed by atoms with Crippen LogP contribution in [0.25, 0.3) is 16.9 Å². The number of hydrogen-bond acceptors (Lipinski definition) is 6. The lowest BCUT2D eigenvalue weighted by Gasteiger charge is -2.33. The average molecular weight is 406 g/mol. The maximum absolute atomic E-state index is 13.8. The summed E-state index contributed by atoms with van der Waals surface area (Å²) in [6.07, 6.45) is 1.75. The van der Waals surface area contributed by atoms with Crippen LogP contribution in [-0.2, 0) is 6.18 Å². The second-order valence-electron chi connectivity index (χ2n) is 7.19. The fraction of sp³-hybridized carbons (Fsp3) is 0.421. The Hall–Kier alpha value is -2.88. The Morgan fingerprint density at radius 3 is 2.72 bits per heavy atom. The molecule has 4 heterocycles. The summed E-state index contributed by atoms with van der Waals surface area (Å²) in [5.41, 5.74) is 6.94. The summed E-state index contributed by atoms with van der Waals surface area (Å²) in [6.45, 7) is 2.66. The van der Waals surface area contributed by atoms with Crippen molar-refractivity contribution in [2.75, 3.05) is 25.1 Å². The first-order valence-electron chi connectivity index (χ1n) is 9.24. The number of nitrogens with two attached hydrogens (primary N) is 1. The summed E-state index contributed by atoms with van der Waals surface area (Å²) in [6, 6.07) is 0.920. The average Bonchev–Trinajstić information content (AvgIpc) is 3.06. The van der Waals surface area contributed by atoms with E-state index < -0.39 is 11.7 Å². The van der Waals surface area contributed by atoms with Gasteiger partial charge in [-0.15, -0.1) is 0 Å². The van der Waals surface area contributed by atoms with Gasteiger partial charge in [-0.1, -0.05) is 0 Å². The third kappa shape index (κ3) is 3.71. The molecule has 3 aromatic heterocycles. The summed E-state index contributed by atoms with van der Waals surface area (Å²) < 4.78 is 48.5. The molecule has 0 amide bonds. The molecule has 154 valence electrons. The van der Waals surface area contributed by atoms with Crippen LogP contribution in [0.15, 0.2) is 24.7 Å². The Kier molecular flexibility index (Phi) is 4.81. The van der Waals surface area contributed by atoms with Gasteiger partial charge in [0.25, 0.3) is 5.88 Å². The number of halogens is 3. The lowest BCUT2D eigenvalue weighted by atomic mass is 10.0. The number of aromatic nitrogens is 4. The molecule has 7 nitrogen and oxygen atoms in total. The molecule has 0 aliphatic carbocycles. The minimum absolute atomic E-state index is 0.0945. The van der Waals surface area contributed by atoms with E-state index in [-0.39, 0.29) is 23.3 Å². The van der Waals surface area contributed by atoms with Crippen LogP contribution in [0.3, 0.4) is 0 Å². The predicted octanol–water partition coefficient (Wildman–Crippen LogP) is 3.05. The van der Waals surface area contributed by atoms with E-state index >= 15 is 0 Å². The SMILES string of the molecule is COc1nc(-c2cnc(N3CCC[C@@H](N)C3)c(C(F)(F)F)c2)cn2cc(C)nc12. The van der Waals surface area contributed by atoms with Crippen molar-refractivity contribution in [3.8, 4) is 17.1 Å². The largest absolute Gasteiger partial charge is 0.478 e. The van der Waals surface area contributed by atoms with Crippen LogP contribution in [0, 0.1) is 6.92 Å². The molecule has 3 aromatic rings. The molecule has 1 aliphatic rings. The number of hydrogen-bond donors (Lipinski definition) is 1. The van der Waals surface area contributed by atoms with Gasteiger partial charge in [0, 0.05) is 43.3 Å². The molecule has 10 heteroatoms. The molecule has 0 unspecified atom stereocenters. The number of methoxy groups -OCH3 is 1. The number of anilines is 1. The molecular weight excluding hydrogens is 385 g/mol. The van der Waals surface area contributed by atoms with E-state index in [4.69, 9.17) is 10.5 Å². The van der Waals surface area contributed by atoms with Crippen molar-refractivity contribution in [1.29, 1.82) is 0 Å². The van der Waals surface area contributed by atoms with Gasteiger partial charge in [-0.25, -0.2) is 15.0 Å². The molecule has 0 saturated carbocycles. The van der Waals surface area contributed by atoms with Crippen molar-refractivity contribution >= 4 is 11.5 Å². The van der Waals surface area contributed by atoms with E-state index in [0.29, 0.717) is 24.4 Å². The normalized spacial score (nSPS) is 17.7. The number of alkyl halides is 3. The van der Waals surface area contributed by atoms with Crippen LogP contribution in [0.1, 0.15) is 24.1 Å². The van der Waals surface area contributed by atoms with E-state index in [1.807, 2.05) is 6.92 Å². The van der Waals surface area contributed by atoms with Crippen molar-refractivity contribution in [3.63, 3.8) is 0 Å². The molecular formula is C19H21F3N6O. The van der Waals surface area contributed by atoms with Gasteiger partial charge in [-0.2, -0.15) is 13.2 Å². The maximum Gasteiger partial charge on any atom is 0.419 e. The number of fused-ring (bicyclic) bond motifs is 1. The third-order valence-electron chi connectivity index (χ3n) is 4.95. The first-order chi connectivity index (χ1) is 13.8. The zero-order chi connectivity index (χ0) is 20.8. The second kappa shape index (κ2) is 7.18. The predicted molar refractivity (Wildman–Crippen MR) is 102 cm³/mol. The van der Waals surface area contributed by atoms with Gasteiger partial charge in [-0.05, 0) is 25.8 Å². The van der Waals surface area contributed by atoms with Crippen molar-refractivity contribution in [3.05, 3.63) is 35.9 Å². The quantitative estimate of drug-likeness (QED) is 0.720. The van der Waals surface area contributed by atoms with Crippen LogP contribution in [0.2, 0.25) is 0 Å². The van der Waals surface area contributed by atoms with E-state index in [1.165, 1.54) is 13.3 Å². The van der Waals surface area contributed by atoms with Gasteiger partial charge in [-0.3, -0.25) is 0 Å². The molecule has 0 radical (unpaired) electrons. The molecule has 2 N–H and O–H groups in total. The first-order valence-corrected chi connectivity index (χ1v) is 9.24. The highest BCUT2D eigenvalue weighted by molar-refractivity contribution is 5.66. The van der Waals surface area contributed by atoms with Crippen LogP contribution in [-0.4, -0.2) is 45.6 Å². The van der Waals surface area contributed by atoms with Gasteiger partial charge in [0.2, 0.25) is 5.65 Å². The van der Waals surface area contributed by atoms with Crippen LogP contribution >= 0.6 is 0 Å². The number of aryl methyl sites for hydroxylation is 1. The van der Waals surface area contributed by atoms with Crippen LogP contribution < -0.4 is 15.4 Å². The minimum Gasteiger partial charge on any atom is -0.478 e. The molecule has 0 bridgehead atoms. The molecule has 1 aliphatic heterocycles. The third-order valence-corrected chi connectivity index (χ3v) is 4.95. The Morgan fingerprint density at radius 2 is 2.03 bits per heavy atom. The lowest BCUT2D eigenvalue weighted by Crippen LogP contribution is -2.43. The van der Waals surface area contributed by atoms with Crippen molar-refractivity contribution < 1.29 is 17.9 Å². The van der Waals surface area contributed by atoms with Gasteiger partial charge in [0.15, 0.2) is 0 Å². The molecule has 1 saturated heterocycles. The molecule has 4 rings (SSSR count). The number of ether oxygens (including phenoxy) is 1. The van der Waals surface area contributed by atoms with E-state index in [9.17, 15) is 13.2 Å². The molecule has 1 fully saturated rings. The molecule has 1 atom stereocenters. The summed E-state index contributed by atoms with van der Waals surface area (Å²) in [7, 11) is 1.44. The summed E-state index contributed by atoms with van der Waals surface area (Å²) in [5.74, 6) is 0.137. The smallest absolute Gasteiger partial charge is 0.419 e. The Bertz CT molecular complexity index is 1050. The topological polar surface area (TPSA) is 81.6 Å². The fourth-order valence-electron chi connectivity index (χ4n) is 3.63. The molecule has 29 heavy (non-hydrogen) atoms. The van der Waals surface area contributed by atoms with Gasteiger partial charge >= 0.3 is 6.18 Å². The summed E-state index contributed by atoms with van der Waals surface area (Å²) in [4.78, 5) is 14.4. The fourth-order valence-corrected chi connectivity index (χ4v) is 3.63. The van der Waals surface area contributed by atoms with Crippen LogP contribution in [0.4, 0.5) is 19.0 Å². The summed E-state index contributed by atoms with van der Waals surface area (Å²) in [5, 5.41) is 0. The van der Waals surface area contributed by atoms with Gasteiger partial charge in [0.05, 0.1) is 24.1 Å². The van der Waals surface area contributed by atoms with E-state index in [2.05, 4.69) is 15.0 Å². The monoisotopic (exact) mass is 406 g/mol. The number of rotatable bonds is 3. The first kappa shape index (κ1) is 19.4. The number of nitrogens with zero attached hydrogens (tertiary/aromatic N) is 5. The molecule has 0 aromatic carbocycles. The minimum atomic E-state index is -4.56. The maximum atomic E-state index is 13.8. The number of piperidine rings is 1. The van der Waals surface area contributed by atoms with E-state index in [0.717, 1.165) is 24.6 Å². The summed E-state index contributed by atoms with van der Waals surface area (Å²) >= 11 is 0. The van der Waals surface area contributed by atoms with E-state index in [1.54, 1.807) is 21.7 Å². The second-order valence-corrected chi connectivity index (χ2v) is 7.19. The van der Waals surface area contributed by atoms with Crippen molar-refractivity contribution in [2.45, 2.75) is 32.0 Å². The zero-order valence-corrected chi connectivity index (χ0v) is 16.1. The van der Waals surface area contributed by atoms with Crippen molar-refractivity contribution in [1.82, 2.24) is 19.4 Å². The Morgan fingerprint density at radius 1 is 1.24 bits per heavy atom. The van der Waals surface area contributed by atoms with Crippen LogP contribution in [0.5, 0.6) is 5.88 Å². The molecule has 0 spiro atoms. The Labute approximate surface area is 165 Å². The lowest BCUT2D eigenvalue weighted by molar-refractivity contribution is -0.137.